The summed E-state index contributed by atoms with van der Waals surface area (Å²) in [6.45, 7) is 0. The first-order chi connectivity index (χ1) is 7.75. The largest absolute Gasteiger partial charge is 0.355 e. The summed E-state index contributed by atoms with van der Waals surface area (Å²) in [7, 11) is 0. The molecule has 3 heteroatoms. The Labute approximate surface area is 106 Å². The number of hydrogen-bond acceptors (Lipinski definition) is 3. The number of para-hydroxylation sites is 1. The lowest BCUT2D eigenvalue weighted by atomic mass is 9.97. The van der Waals surface area contributed by atoms with Gasteiger partial charge in [0.15, 0.2) is 0 Å². The van der Waals surface area contributed by atoms with Gasteiger partial charge in [0.05, 0.1) is 0 Å². The number of thiol groups is 2. The van der Waals surface area contributed by atoms with Gasteiger partial charge in [0.25, 0.3) is 0 Å². The molecule has 0 amide bonds. The van der Waals surface area contributed by atoms with Crippen LogP contribution in [0.3, 0.4) is 0 Å². The van der Waals surface area contributed by atoms with E-state index in [1.165, 1.54) is 16.8 Å². The van der Waals surface area contributed by atoms with Gasteiger partial charge in [-0.2, -0.15) is 0 Å². The molecule has 1 heterocycles. The maximum absolute atomic E-state index is 4.52. The highest BCUT2D eigenvalue weighted by Crippen LogP contribution is 2.37. The molecule has 0 atom stereocenters. The van der Waals surface area contributed by atoms with E-state index in [1.807, 2.05) is 12.1 Å². The zero-order valence-electron chi connectivity index (χ0n) is 8.57. The van der Waals surface area contributed by atoms with E-state index in [0.29, 0.717) is 0 Å². The Morgan fingerprint density at radius 3 is 2.62 bits per heavy atom. The van der Waals surface area contributed by atoms with Crippen LogP contribution in [-0.2, 0) is 6.42 Å². The summed E-state index contributed by atoms with van der Waals surface area (Å²) >= 11 is 8.92. The predicted molar refractivity (Wildman–Crippen MR) is 73.5 cm³/mol. The second-order valence-electron chi connectivity index (χ2n) is 3.92. The van der Waals surface area contributed by atoms with Gasteiger partial charge in [-0.05, 0) is 29.3 Å². The Balaban J connectivity index is 2.16. The van der Waals surface area contributed by atoms with E-state index >= 15 is 0 Å². The minimum absolute atomic E-state index is 0.922. The molecule has 0 saturated heterocycles. The average Bonchev–Trinajstić information content (AvgIpc) is 2.32. The molecule has 16 heavy (non-hydrogen) atoms. The Kier molecular flexibility index (Phi) is 2.37. The van der Waals surface area contributed by atoms with Gasteiger partial charge in [0, 0.05) is 27.6 Å². The molecule has 0 aromatic heterocycles. The van der Waals surface area contributed by atoms with E-state index in [2.05, 4.69) is 54.8 Å². The van der Waals surface area contributed by atoms with Crippen molar-refractivity contribution in [3.63, 3.8) is 0 Å². The second-order valence-corrected chi connectivity index (χ2v) is 4.85. The lowest BCUT2D eigenvalue weighted by Crippen LogP contribution is -2.07. The molecule has 1 aliphatic rings. The average molecular weight is 245 g/mol. The first kappa shape index (κ1) is 10.1. The van der Waals surface area contributed by atoms with E-state index in [0.717, 1.165) is 21.9 Å². The third kappa shape index (κ3) is 1.51. The van der Waals surface area contributed by atoms with E-state index in [9.17, 15) is 0 Å². The zero-order valence-corrected chi connectivity index (χ0v) is 10.4. The Hall–Kier alpha value is -1.06. The third-order valence-corrected chi connectivity index (χ3v) is 3.98. The fourth-order valence-corrected chi connectivity index (χ4v) is 2.54. The van der Waals surface area contributed by atoms with E-state index in [4.69, 9.17) is 0 Å². The van der Waals surface area contributed by atoms with Crippen LogP contribution in [0, 0.1) is 0 Å². The van der Waals surface area contributed by atoms with Crippen molar-refractivity contribution in [1.82, 2.24) is 0 Å². The topological polar surface area (TPSA) is 12.0 Å². The molecule has 0 radical (unpaired) electrons. The molecule has 0 saturated carbocycles. The molecular weight excluding hydrogens is 234 g/mol. The highest BCUT2D eigenvalue weighted by atomic mass is 32.1. The Bertz CT molecular complexity index is 564. The highest BCUT2D eigenvalue weighted by Gasteiger charge is 2.17. The van der Waals surface area contributed by atoms with Crippen LogP contribution < -0.4 is 5.32 Å². The second kappa shape index (κ2) is 3.75. The summed E-state index contributed by atoms with van der Waals surface area (Å²) in [6, 6.07) is 12.4. The predicted octanol–water partition coefficient (Wildman–Crippen LogP) is 3.91. The first-order valence-electron chi connectivity index (χ1n) is 5.14. The molecule has 2 aromatic carbocycles. The first-order valence-corrected chi connectivity index (χ1v) is 6.04. The van der Waals surface area contributed by atoms with Gasteiger partial charge in [-0.15, -0.1) is 25.3 Å². The van der Waals surface area contributed by atoms with Crippen molar-refractivity contribution in [2.75, 3.05) is 5.32 Å². The number of hydrogen-bond donors (Lipinski definition) is 3. The maximum Gasteiger partial charge on any atom is 0.0432 e. The lowest BCUT2D eigenvalue weighted by Gasteiger charge is -2.23. The molecular formula is C13H11NS2. The number of fused-ring (bicyclic) bond motifs is 2. The van der Waals surface area contributed by atoms with Crippen molar-refractivity contribution in [2.24, 2.45) is 0 Å². The normalized spacial score (nSPS) is 12.6. The van der Waals surface area contributed by atoms with Gasteiger partial charge in [0.2, 0.25) is 0 Å². The molecule has 1 nitrogen and oxygen atoms in total. The molecule has 0 aliphatic carbocycles. The molecule has 80 valence electrons. The summed E-state index contributed by atoms with van der Waals surface area (Å²) in [4.78, 5) is 1.91. The number of rotatable bonds is 0. The molecule has 2 aromatic rings. The van der Waals surface area contributed by atoms with E-state index < -0.39 is 0 Å². The molecule has 0 bridgehead atoms. The van der Waals surface area contributed by atoms with E-state index in [1.54, 1.807) is 0 Å². The summed E-state index contributed by atoms with van der Waals surface area (Å²) in [5.41, 5.74) is 4.87. The minimum atomic E-state index is 0.922. The highest BCUT2D eigenvalue weighted by molar-refractivity contribution is 7.83. The van der Waals surface area contributed by atoms with Gasteiger partial charge in [-0.1, -0.05) is 18.2 Å². The molecule has 1 N–H and O–H groups in total. The Morgan fingerprint density at radius 2 is 1.75 bits per heavy atom. The van der Waals surface area contributed by atoms with Crippen molar-refractivity contribution in [2.45, 2.75) is 16.2 Å². The minimum Gasteiger partial charge on any atom is -0.355 e. The quantitative estimate of drug-likeness (QED) is 0.510. The molecule has 0 unspecified atom stereocenters. The number of anilines is 2. The molecule has 3 rings (SSSR count). The summed E-state index contributed by atoms with van der Waals surface area (Å²) in [5.74, 6) is 0. The van der Waals surface area contributed by atoms with Crippen LogP contribution >= 0.6 is 25.3 Å². The summed E-state index contributed by atoms with van der Waals surface area (Å²) in [5, 5.41) is 3.43. The van der Waals surface area contributed by atoms with Crippen molar-refractivity contribution in [1.29, 1.82) is 0 Å². The van der Waals surface area contributed by atoms with Crippen LogP contribution in [0.1, 0.15) is 11.1 Å². The van der Waals surface area contributed by atoms with Crippen molar-refractivity contribution < 1.29 is 0 Å². The van der Waals surface area contributed by atoms with Crippen LogP contribution in [0.5, 0.6) is 0 Å². The van der Waals surface area contributed by atoms with Crippen molar-refractivity contribution in [3.8, 4) is 0 Å². The monoisotopic (exact) mass is 245 g/mol. The van der Waals surface area contributed by atoms with E-state index in [-0.39, 0.29) is 0 Å². The molecule has 0 spiro atoms. The van der Waals surface area contributed by atoms with Crippen LogP contribution in [-0.4, -0.2) is 0 Å². The standard InChI is InChI=1S/C13H11NS2/c15-12-6-5-11-9(13(12)16)7-8-3-1-2-4-10(8)14-11/h1-6,14-16H,7H2. The fraction of sp³-hybridized carbons (Fsp3) is 0.0769. The van der Waals surface area contributed by atoms with Gasteiger partial charge in [-0.25, -0.2) is 0 Å². The van der Waals surface area contributed by atoms with Crippen molar-refractivity contribution in [3.05, 3.63) is 47.5 Å². The van der Waals surface area contributed by atoms with Gasteiger partial charge >= 0.3 is 0 Å². The van der Waals surface area contributed by atoms with Crippen LogP contribution in [0.2, 0.25) is 0 Å². The summed E-state index contributed by atoms with van der Waals surface area (Å²) in [6.07, 6.45) is 0.922. The third-order valence-electron chi connectivity index (χ3n) is 2.92. The number of nitrogens with one attached hydrogen (secondary N) is 1. The smallest absolute Gasteiger partial charge is 0.0432 e. The lowest BCUT2D eigenvalue weighted by molar-refractivity contribution is 1.06. The van der Waals surface area contributed by atoms with Crippen LogP contribution in [0.25, 0.3) is 0 Å². The zero-order chi connectivity index (χ0) is 11.1. The van der Waals surface area contributed by atoms with Crippen LogP contribution in [0.4, 0.5) is 11.4 Å². The van der Waals surface area contributed by atoms with Crippen LogP contribution in [0.15, 0.2) is 46.2 Å². The SMILES string of the molecule is Sc1ccc2c(c1S)Cc1ccccc1N2. The van der Waals surface area contributed by atoms with Gasteiger partial charge in [-0.3, -0.25) is 0 Å². The number of benzene rings is 2. The maximum atomic E-state index is 4.52. The molecule has 0 fully saturated rings. The van der Waals surface area contributed by atoms with Gasteiger partial charge < -0.3 is 5.32 Å². The molecule has 1 aliphatic heterocycles. The van der Waals surface area contributed by atoms with Gasteiger partial charge in [0.1, 0.15) is 0 Å². The Morgan fingerprint density at radius 1 is 0.938 bits per heavy atom. The summed E-state index contributed by atoms with van der Waals surface area (Å²) < 4.78 is 0. The van der Waals surface area contributed by atoms with Crippen molar-refractivity contribution >= 4 is 36.6 Å². The fourth-order valence-electron chi connectivity index (χ4n) is 2.05.